The molecule has 18 heavy (non-hydrogen) atoms. The van der Waals surface area contributed by atoms with Crippen molar-refractivity contribution in [3.63, 3.8) is 0 Å². The molecule has 4 heteroatoms. The van der Waals surface area contributed by atoms with Crippen molar-refractivity contribution in [1.29, 1.82) is 0 Å². The number of rotatable bonds is 5. The molecule has 0 aromatic carbocycles. The predicted octanol–water partition coefficient (Wildman–Crippen LogP) is 0.866. The van der Waals surface area contributed by atoms with E-state index in [2.05, 4.69) is 10.2 Å². The van der Waals surface area contributed by atoms with Gasteiger partial charge in [0.2, 0.25) is 0 Å². The molecule has 3 rings (SSSR count). The van der Waals surface area contributed by atoms with Crippen molar-refractivity contribution >= 4 is 0 Å². The summed E-state index contributed by atoms with van der Waals surface area (Å²) in [5, 5.41) is 3.59. The van der Waals surface area contributed by atoms with Gasteiger partial charge in [-0.3, -0.25) is 4.90 Å². The van der Waals surface area contributed by atoms with Crippen LogP contribution in [0, 0.1) is 5.92 Å². The third-order valence-corrected chi connectivity index (χ3v) is 4.63. The summed E-state index contributed by atoms with van der Waals surface area (Å²) < 4.78 is 11.2. The molecule has 2 heterocycles. The van der Waals surface area contributed by atoms with Crippen molar-refractivity contribution < 1.29 is 9.47 Å². The first-order valence-electron chi connectivity index (χ1n) is 7.57. The van der Waals surface area contributed by atoms with Gasteiger partial charge in [-0.2, -0.15) is 0 Å². The van der Waals surface area contributed by atoms with Crippen LogP contribution in [0.3, 0.4) is 0 Å². The Morgan fingerprint density at radius 3 is 3.06 bits per heavy atom. The summed E-state index contributed by atoms with van der Waals surface area (Å²) in [6.07, 6.45) is 5.71. The van der Waals surface area contributed by atoms with Crippen LogP contribution in [0.4, 0.5) is 0 Å². The highest BCUT2D eigenvalue weighted by Gasteiger charge is 2.35. The molecule has 0 radical (unpaired) electrons. The van der Waals surface area contributed by atoms with E-state index in [1.807, 2.05) is 0 Å². The molecular formula is C14H26N2O2. The molecule has 3 atom stereocenters. The molecule has 0 bridgehead atoms. The van der Waals surface area contributed by atoms with Gasteiger partial charge in [0.1, 0.15) is 0 Å². The average molecular weight is 254 g/mol. The molecule has 4 nitrogen and oxygen atoms in total. The highest BCUT2D eigenvalue weighted by molar-refractivity contribution is 4.89. The Bertz CT molecular complexity index is 256. The van der Waals surface area contributed by atoms with Gasteiger partial charge in [-0.15, -0.1) is 0 Å². The number of hydrogen-bond donors (Lipinski definition) is 1. The van der Waals surface area contributed by atoms with E-state index < -0.39 is 0 Å². The van der Waals surface area contributed by atoms with E-state index >= 15 is 0 Å². The molecule has 0 aromatic rings. The van der Waals surface area contributed by atoms with Crippen LogP contribution in [-0.2, 0) is 9.47 Å². The number of nitrogens with one attached hydrogen (secondary N) is 1. The number of hydrogen-bond acceptors (Lipinski definition) is 4. The maximum atomic E-state index is 5.84. The lowest BCUT2D eigenvalue weighted by molar-refractivity contribution is -0.0548. The van der Waals surface area contributed by atoms with Gasteiger partial charge < -0.3 is 14.8 Å². The summed E-state index contributed by atoms with van der Waals surface area (Å²) in [6, 6.07) is 0.704. The number of fused-ring (bicyclic) bond motifs is 1. The van der Waals surface area contributed by atoms with Crippen LogP contribution in [0.1, 0.15) is 25.7 Å². The fourth-order valence-corrected chi connectivity index (χ4v) is 3.56. The SMILES string of the molecule is C1CC2OCCN(CCNCC3CCOC3)C2C1. The molecule has 3 aliphatic rings. The number of ether oxygens (including phenoxy) is 2. The van der Waals surface area contributed by atoms with Crippen LogP contribution < -0.4 is 5.32 Å². The summed E-state index contributed by atoms with van der Waals surface area (Å²) in [5.74, 6) is 0.744. The molecule has 0 spiro atoms. The van der Waals surface area contributed by atoms with E-state index in [9.17, 15) is 0 Å². The second kappa shape index (κ2) is 6.33. The molecule has 2 aliphatic heterocycles. The first-order chi connectivity index (χ1) is 8.93. The Morgan fingerprint density at radius 1 is 1.17 bits per heavy atom. The summed E-state index contributed by atoms with van der Waals surface area (Å²) in [7, 11) is 0. The highest BCUT2D eigenvalue weighted by atomic mass is 16.5. The summed E-state index contributed by atoms with van der Waals surface area (Å²) in [4.78, 5) is 2.64. The minimum absolute atomic E-state index is 0.530. The molecule has 3 unspecified atom stereocenters. The Hall–Kier alpha value is -0.160. The van der Waals surface area contributed by atoms with Crippen LogP contribution >= 0.6 is 0 Å². The molecule has 0 aromatic heterocycles. The Balaban J connectivity index is 1.34. The van der Waals surface area contributed by atoms with E-state index in [-0.39, 0.29) is 0 Å². The summed E-state index contributed by atoms with van der Waals surface area (Å²) >= 11 is 0. The minimum Gasteiger partial charge on any atom is -0.381 e. The van der Waals surface area contributed by atoms with Crippen molar-refractivity contribution in [2.24, 2.45) is 5.92 Å². The topological polar surface area (TPSA) is 33.7 Å². The predicted molar refractivity (Wildman–Crippen MR) is 70.7 cm³/mol. The largest absolute Gasteiger partial charge is 0.381 e. The van der Waals surface area contributed by atoms with E-state index in [0.717, 1.165) is 45.4 Å². The van der Waals surface area contributed by atoms with E-state index in [1.54, 1.807) is 0 Å². The van der Waals surface area contributed by atoms with Gasteiger partial charge in [-0.25, -0.2) is 0 Å². The molecule has 1 saturated carbocycles. The Kier molecular flexibility index (Phi) is 4.52. The standard InChI is InChI=1S/C14H26N2O2/c1-2-13-14(3-1)18-9-7-16(13)6-5-15-10-12-4-8-17-11-12/h12-15H,1-11H2. The third kappa shape index (κ3) is 3.05. The maximum absolute atomic E-state index is 5.84. The molecular weight excluding hydrogens is 228 g/mol. The summed E-state index contributed by atoms with van der Waals surface area (Å²) in [6.45, 7) is 7.37. The fraction of sp³-hybridized carbons (Fsp3) is 1.00. The van der Waals surface area contributed by atoms with E-state index in [0.29, 0.717) is 12.1 Å². The molecule has 2 saturated heterocycles. The Morgan fingerprint density at radius 2 is 2.17 bits per heavy atom. The van der Waals surface area contributed by atoms with Gasteiger partial charge in [0, 0.05) is 38.8 Å². The lowest BCUT2D eigenvalue weighted by Gasteiger charge is -2.37. The van der Waals surface area contributed by atoms with E-state index in [4.69, 9.17) is 9.47 Å². The third-order valence-electron chi connectivity index (χ3n) is 4.63. The molecule has 3 fully saturated rings. The lowest BCUT2D eigenvalue weighted by atomic mass is 10.1. The maximum Gasteiger partial charge on any atom is 0.0730 e. The van der Waals surface area contributed by atoms with Crippen molar-refractivity contribution in [1.82, 2.24) is 10.2 Å². The number of nitrogens with zero attached hydrogens (tertiary/aromatic N) is 1. The van der Waals surface area contributed by atoms with Gasteiger partial charge in [-0.05, 0) is 31.6 Å². The molecule has 0 amide bonds. The van der Waals surface area contributed by atoms with Gasteiger partial charge >= 0.3 is 0 Å². The van der Waals surface area contributed by atoms with E-state index in [1.165, 1.54) is 32.2 Å². The van der Waals surface area contributed by atoms with Gasteiger partial charge in [0.05, 0.1) is 19.3 Å². The van der Waals surface area contributed by atoms with Gasteiger partial charge in [0.25, 0.3) is 0 Å². The Labute approximate surface area is 110 Å². The van der Waals surface area contributed by atoms with Crippen molar-refractivity contribution in [3.05, 3.63) is 0 Å². The number of morpholine rings is 1. The molecule has 104 valence electrons. The quantitative estimate of drug-likeness (QED) is 0.738. The zero-order chi connectivity index (χ0) is 12.2. The van der Waals surface area contributed by atoms with Crippen LogP contribution in [0.15, 0.2) is 0 Å². The normalized spacial score (nSPS) is 37.0. The van der Waals surface area contributed by atoms with Crippen LogP contribution in [0.25, 0.3) is 0 Å². The summed E-state index contributed by atoms with van der Waals surface area (Å²) in [5.41, 5.74) is 0. The van der Waals surface area contributed by atoms with Crippen LogP contribution in [-0.4, -0.2) is 63.0 Å². The van der Waals surface area contributed by atoms with Gasteiger partial charge in [-0.1, -0.05) is 0 Å². The van der Waals surface area contributed by atoms with Gasteiger partial charge in [0.15, 0.2) is 0 Å². The first-order valence-corrected chi connectivity index (χ1v) is 7.57. The second-order valence-electron chi connectivity index (χ2n) is 5.88. The van der Waals surface area contributed by atoms with Crippen molar-refractivity contribution in [2.75, 3.05) is 46.0 Å². The molecule has 1 N–H and O–H groups in total. The highest BCUT2D eigenvalue weighted by Crippen LogP contribution is 2.29. The first kappa shape index (κ1) is 12.9. The monoisotopic (exact) mass is 254 g/mol. The molecule has 1 aliphatic carbocycles. The van der Waals surface area contributed by atoms with Crippen LogP contribution in [0.2, 0.25) is 0 Å². The zero-order valence-corrected chi connectivity index (χ0v) is 11.3. The smallest absolute Gasteiger partial charge is 0.0730 e. The van der Waals surface area contributed by atoms with Crippen molar-refractivity contribution in [3.8, 4) is 0 Å². The lowest BCUT2D eigenvalue weighted by Crippen LogP contribution is -2.50. The van der Waals surface area contributed by atoms with Crippen molar-refractivity contribution in [2.45, 2.75) is 37.8 Å². The zero-order valence-electron chi connectivity index (χ0n) is 11.3. The fourth-order valence-electron chi connectivity index (χ4n) is 3.56. The average Bonchev–Trinajstić information content (AvgIpc) is 3.05. The van der Waals surface area contributed by atoms with Crippen LogP contribution in [0.5, 0.6) is 0 Å². The minimum atomic E-state index is 0.530. The second-order valence-corrected chi connectivity index (χ2v) is 5.88.